The van der Waals surface area contributed by atoms with Crippen LogP contribution in [0.15, 0.2) is 72.9 Å². The third kappa shape index (κ3) is 4.23. The summed E-state index contributed by atoms with van der Waals surface area (Å²) in [6, 6.07) is 23.7. The number of aromatic nitrogens is 2. The number of nitriles is 1. The van der Waals surface area contributed by atoms with E-state index in [1.54, 1.807) is 24.3 Å². The maximum atomic E-state index is 12.2. The summed E-state index contributed by atoms with van der Waals surface area (Å²) in [4.78, 5) is 12.2. The van der Waals surface area contributed by atoms with Gasteiger partial charge in [-0.1, -0.05) is 30.3 Å². The number of hydrogen-bond donors (Lipinski definition) is 1. The number of fused-ring (bicyclic) bond motifs is 1. The largest absolute Gasteiger partial charge is 0.352 e. The van der Waals surface area contributed by atoms with E-state index in [1.807, 2.05) is 17.9 Å². The van der Waals surface area contributed by atoms with Crippen LogP contribution in [0.2, 0.25) is 0 Å². The standard InChI is InChI=1S/C25H22N4O/c1-29-24-13-12-22(15-23(24)17-28-29)20-8-4-18(5-9-20)3-2-14-27-25(30)21-10-6-19(16-26)7-11-21/h4-13,15,17H,2-3,14H2,1H3,(H,27,30). The first kappa shape index (κ1) is 19.4. The third-order valence-corrected chi connectivity index (χ3v) is 5.24. The molecule has 0 saturated carbocycles. The van der Waals surface area contributed by atoms with Gasteiger partial charge in [0.1, 0.15) is 0 Å². The van der Waals surface area contributed by atoms with Gasteiger partial charge in [-0.05, 0) is 65.9 Å². The molecule has 1 amide bonds. The van der Waals surface area contributed by atoms with E-state index in [1.165, 1.54) is 16.7 Å². The summed E-state index contributed by atoms with van der Waals surface area (Å²) in [5.74, 6) is -0.111. The van der Waals surface area contributed by atoms with Crippen LogP contribution >= 0.6 is 0 Å². The average Bonchev–Trinajstić information content (AvgIpc) is 3.17. The molecule has 0 fully saturated rings. The molecule has 0 spiro atoms. The SMILES string of the molecule is Cn1ncc2cc(-c3ccc(CCCNC(=O)c4ccc(C#N)cc4)cc3)ccc21. The molecule has 0 bridgehead atoms. The van der Waals surface area contributed by atoms with E-state index in [0.29, 0.717) is 17.7 Å². The monoisotopic (exact) mass is 394 g/mol. The zero-order valence-corrected chi connectivity index (χ0v) is 16.8. The first-order valence-corrected chi connectivity index (χ1v) is 9.93. The van der Waals surface area contributed by atoms with Crippen molar-refractivity contribution in [3.8, 4) is 17.2 Å². The summed E-state index contributed by atoms with van der Waals surface area (Å²) >= 11 is 0. The quantitative estimate of drug-likeness (QED) is 0.490. The van der Waals surface area contributed by atoms with Gasteiger partial charge in [-0.3, -0.25) is 9.48 Å². The number of nitrogens with zero attached hydrogens (tertiary/aromatic N) is 3. The van der Waals surface area contributed by atoms with Crippen molar-refractivity contribution in [2.24, 2.45) is 7.05 Å². The Balaban J connectivity index is 1.30. The fraction of sp³-hybridized carbons (Fsp3) is 0.160. The van der Waals surface area contributed by atoms with Crippen LogP contribution in [0.3, 0.4) is 0 Å². The van der Waals surface area contributed by atoms with Crippen LogP contribution in [0, 0.1) is 11.3 Å². The Hall–Kier alpha value is -3.91. The molecule has 1 N–H and O–H groups in total. The van der Waals surface area contributed by atoms with Gasteiger partial charge in [-0.2, -0.15) is 10.4 Å². The number of aryl methyl sites for hydroxylation is 2. The molecule has 4 rings (SSSR count). The highest BCUT2D eigenvalue weighted by Gasteiger charge is 2.06. The van der Waals surface area contributed by atoms with Crippen LogP contribution < -0.4 is 5.32 Å². The van der Waals surface area contributed by atoms with Crippen LogP contribution in [0.1, 0.15) is 27.9 Å². The summed E-state index contributed by atoms with van der Waals surface area (Å²) in [6.45, 7) is 0.609. The Bertz CT molecular complexity index is 1210. The van der Waals surface area contributed by atoms with E-state index in [0.717, 1.165) is 23.7 Å². The highest BCUT2D eigenvalue weighted by Crippen LogP contribution is 2.24. The molecule has 0 atom stereocenters. The van der Waals surface area contributed by atoms with Gasteiger partial charge in [-0.25, -0.2) is 0 Å². The molecule has 4 aromatic rings. The van der Waals surface area contributed by atoms with Gasteiger partial charge < -0.3 is 5.32 Å². The lowest BCUT2D eigenvalue weighted by molar-refractivity contribution is 0.0953. The van der Waals surface area contributed by atoms with Crippen LogP contribution in [0.5, 0.6) is 0 Å². The topological polar surface area (TPSA) is 70.7 Å². The Labute approximate surface area is 175 Å². The van der Waals surface area contributed by atoms with E-state index < -0.39 is 0 Å². The van der Waals surface area contributed by atoms with Crippen molar-refractivity contribution in [1.29, 1.82) is 5.26 Å². The molecule has 0 saturated heterocycles. The van der Waals surface area contributed by atoms with Crippen molar-refractivity contribution in [3.05, 3.63) is 89.6 Å². The van der Waals surface area contributed by atoms with Gasteiger partial charge in [0.05, 0.1) is 23.3 Å². The second-order valence-electron chi connectivity index (χ2n) is 7.29. The predicted octanol–water partition coefficient (Wildman–Crippen LogP) is 4.47. The second-order valence-corrected chi connectivity index (χ2v) is 7.29. The van der Waals surface area contributed by atoms with Crippen LogP contribution in [0.25, 0.3) is 22.0 Å². The Kier molecular flexibility index (Phi) is 5.58. The van der Waals surface area contributed by atoms with Crippen LogP contribution in [-0.2, 0) is 13.5 Å². The molecule has 30 heavy (non-hydrogen) atoms. The van der Waals surface area contributed by atoms with Crippen molar-refractivity contribution in [1.82, 2.24) is 15.1 Å². The van der Waals surface area contributed by atoms with Crippen LogP contribution in [0.4, 0.5) is 0 Å². The summed E-state index contributed by atoms with van der Waals surface area (Å²) in [5.41, 5.74) is 5.85. The molecule has 0 radical (unpaired) electrons. The van der Waals surface area contributed by atoms with Crippen molar-refractivity contribution in [2.45, 2.75) is 12.8 Å². The highest BCUT2D eigenvalue weighted by atomic mass is 16.1. The van der Waals surface area contributed by atoms with Crippen LogP contribution in [-0.4, -0.2) is 22.2 Å². The van der Waals surface area contributed by atoms with Gasteiger partial charge in [0, 0.05) is 24.5 Å². The fourth-order valence-corrected chi connectivity index (χ4v) is 3.50. The molecule has 3 aromatic carbocycles. The molecule has 0 aliphatic carbocycles. The van der Waals surface area contributed by atoms with Gasteiger partial charge >= 0.3 is 0 Å². The molecule has 0 aliphatic heterocycles. The zero-order valence-electron chi connectivity index (χ0n) is 16.8. The number of nitrogens with one attached hydrogen (secondary N) is 1. The Morgan fingerprint density at radius 2 is 1.77 bits per heavy atom. The average molecular weight is 394 g/mol. The number of carbonyl (C=O) groups is 1. The van der Waals surface area contributed by atoms with Crippen molar-refractivity contribution in [3.63, 3.8) is 0 Å². The molecule has 1 aromatic heterocycles. The number of benzene rings is 3. The van der Waals surface area contributed by atoms with Crippen molar-refractivity contribution >= 4 is 16.8 Å². The Morgan fingerprint density at radius 3 is 2.50 bits per heavy atom. The second kappa shape index (κ2) is 8.62. The van der Waals surface area contributed by atoms with Gasteiger partial charge in [0.25, 0.3) is 5.91 Å². The molecule has 5 heteroatoms. The molecular weight excluding hydrogens is 372 g/mol. The molecule has 5 nitrogen and oxygen atoms in total. The minimum atomic E-state index is -0.111. The lowest BCUT2D eigenvalue weighted by Crippen LogP contribution is -2.24. The van der Waals surface area contributed by atoms with E-state index in [2.05, 4.69) is 58.9 Å². The summed E-state index contributed by atoms with van der Waals surface area (Å²) in [5, 5.41) is 17.2. The Morgan fingerprint density at radius 1 is 1.03 bits per heavy atom. The minimum absolute atomic E-state index is 0.111. The number of hydrogen-bond acceptors (Lipinski definition) is 3. The zero-order chi connectivity index (χ0) is 20.9. The van der Waals surface area contributed by atoms with E-state index in [4.69, 9.17) is 5.26 Å². The minimum Gasteiger partial charge on any atom is -0.352 e. The normalized spacial score (nSPS) is 10.7. The lowest BCUT2D eigenvalue weighted by Gasteiger charge is -2.07. The number of amides is 1. The summed E-state index contributed by atoms with van der Waals surface area (Å²) < 4.78 is 1.88. The third-order valence-electron chi connectivity index (χ3n) is 5.24. The smallest absolute Gasteiger partial charge is 0.251 e. The van der Waals surface area contributed by atoms with E-state index >= 15 is 0 Å². The molecule has 148 valence electrons. The van der Waals surface area contributed by atoms with Gasteiger partial charge in [0.15, 0.2) is 0 Å². The van der Waals surface area contributed by atoms with E-state index in [-0.39, 0.29) is 5.91 Å². The maximum absolute atomic E-state index is 12.2. The predicted molar refractivity (Wildman–Crippen MR) is 118 cm³/mol. The maximum Gasteiger partial charge on any atom is 0.251 e. The van der Waals surface area contributed by atoms with Crippen molar-refractivity contribution in [2.75, 3.05) is 6.54 Å². The number of rotatable bonds is 6. The van der Waals surface area contributed by atoms with Gasteiger partial charge in [-0.15, -0.1) is 0 Å². The highest BCUT2D eigenvalue weighted by molar-refractivity contribution is 5.94. The van der Waals surface area contributed by atoms with Gasteiger partial charge in [0.2, 0.25) is 0 Å². The first-order chi connectivity index (χ1) is 14.6. The van der Waals surface area contributed by atoms with Crippen molar-refractivity contribution < 1.29 is 4.79 Å². The fourth-order valence-electron chi connectivity index (χ4n) is 3.50. The first-order valence-electron chi connectivity index (χ1n) is 9.93. The van der Waals surface area contributed by atoms with E-state index in [9.17, 15) is 4.79 Å². The lowest BCUT2D eigenvalue weighted by atomic mass is 10.0. The molecule has 0 unspecified atom stereocenters. The summed E-state index contributed by atoms with van der Waals surface area (Å²) in [6.07, 6.45) is 3.65. The molecule has 1 heterocycles. The number of carbonyl (C=O) groups excluding carboxylic acids is 1. The summed E-state index contributed by atoms with van der Waals surface area (Å²) in [7, 11) is 1.95. The molecular formula is C25H22N4O. The molecule has 0 aliphatic rings.